The van der Waals surface area contributed by atoms with Crippen molar-refractivity contribution in [2.45, 2.75) is 13.8 Å². The Bertz CT molecular complexity index is 650. The van der Waals surface area contributed by atoms with Crippen LogP contribution in [0.4, 0.5) is 11.4 Å². The van der Waals surface area contributed by atoms with Gasteiger partial charge in [0.05, 0.1) is 0 Å². The van der Waals surface area contributed by atoms with Crippen molar-refractivity contribution in [3.63, 3.8) is 0 Å². The normalized spacial score (nSPS) is 9.90. The summed E-state index contributed by atoms with van der Waals surface area (Å²) in [6.07, 6.45) is 0. The maximum absolute atomic E-state index is 12.1. The Kier molecular flexibility index (Phi) is 4.15. The van der Waals surface area contributed by atoms with E-state index in [9.17, 15) is 9.59 Å². The lowest BCUT2D eigenvalue weighted by molar-refractivity contribution is -0.114. The van der Waals surface area contributed by atoms with Gasteiger partial charge in [-0.3, -0.25) is 9.59 Å². The first-order valence-electron chi connectivity index (χ1n) is 6.30. The molecule has 0 saturated heterocycles. The van der Waals surface area contributed by atoms with E-state index < -0.39 is 0 Å². The number of aryl methyl sites for hydroxylation is 1. The Morgan fingerprint density at radius 2 is 1.55 bits per heavy atom. The molecule has 102 valence electrons. The molecule has 2 aromatic carbocycles. The summed E-state index contributed by atoms with van der Waals surface area (Å²) in [7, 11) is 0. The molecule has 0 saturated carbocycles. The molecule has 0 fully saturated rings. The van der Waals surface area contributed by atoms with Crippen LogP contribution < -0.4 is 10.6 Å². The third-order valence-corrected chi connectivity index (χ3v) is 2.72. The largest absolute Gasteiger partial charge is 0.326 e. The SMILES string of the molecule is CC(=O)Nc1cccc(C(=O)Nc2cccc(C)c2)c1. The number of hydrogen-bond acceptors (Lipinski definition) is 2. The molecule has 0 atom stereocenters. The Morgan fingerprint density at radius 3 is 2.20 bits per heavy atom. The topological polar surface area (TPSA) is 58.2 Å². The van der Waals surface area contributed by atoms with E-state index in [1.54, 1.807) is 24.3 Å². The summed E-state index contributed by atoms with van der Waals surface area (Å²) in [6, 6.07) is 14.4. The van der Waals surface area contributed by atoms with Crippen LogP contribution in [0.1, 0.15) is 22.8 Å². The lowest BCUT2D eigenvalue weighted by atomic mass is 10.1. The monoisotopic (exact) mass is 268 g/mol. The first kappa shape index (κ1) is 13.8. The van der Waals surface area contributed by atoms with Gasteiger partial charge in [-0.15, -0.1) is 0 Å². The minimum absolute atomic E-state index is 0.166. The van der Waals surface area contributed by atoms with E-state index in [0.29, 0.717) is 11.3 Å². The maximum Gasteiger partial charge on any atom is 0.255 e. The average molecular weight is 268 g/mol. The number of amides is 2. The minimum Gasteiger partial charge on any atom is -0.326 e. The highest BCUT2D eigenvalue weighted by Gasteiger charge is 2.07. The Morgan fingerprint density at radius 1 is 0.900 bits per heavy atom. The van der Waals surface area contributed by atoms with Crippen molar-refractivity contribution in [3.05, 3.63) is 59.7 Å². The molecule has 2 amide bonds. The molecule has 2 rings (SSSR count). The molecular formula is C16H16N2O2. The minimum atomic E-state index is -0.206. The highest BCUT2D eigenvalue weighted by atomic mass is 16.2. The quantitative estimate of drug-likeness (QED) is 0.898. The average Bonchev–Trinajstić information content (AvgIpc) is 2.38. The van der Waals surface area contributed by atoms with Crippen LogP contribution in [0.2, 0.25) is 0 Å². The van der Waals surface area contributed by atoms with Gasteiger partial charge in [-0.05, 0) is 42.8 Å². The van der Waals surface area contributed by atoms with E-state index in [1.165, 1.54) is 6.92 Å². The highest BCUT2D eigenvalue weighted by Crippen LogP contribution is 2.14. The molecule has 0 bridgehead atoms. The van der Waals surface area contributed by atoms with E-state index in [0.717, 1.165) is 11.3 Å². The van der Waals surface area contributed by atoms with Crippen molar-refractivity contribution in [3.8, 4) is 0 Å². The van der Waals surface area contributed by atoms with Crippen LogP contribution in [-0.4, -0.2) is 11.8 Å². The van der Waals surface area contributed by atoms with Crippen LogP contribution in [0.3, 0.4) is 0 Å². The summed E-state index contributed by atoms with van der Waals surface area (Å²) in [5.41, 5.74) is 2.93. The number of carbonyl (C=O) groups is 2. The van der Waals surface area contributed by atoms with Gasteiger partial charge in [0.25, 0.3) is 5.91 Å². The standard InChI is InChI=1S/C16H16N2O2/c1-11-5-3-7-14(9-11)18-16(20)13-6-4-8-15(10-13)17-12(2)19/h3-10H,1-2H3,(H,17,19)(H,18,20). The summed E-state index contributed by atoms with van der Waals surface area (Å²) in [4.78, 5) is 23.2. The fourth-order valence-corrected chi connectivity index (χ4v) is 1.87. The van der Waals surface area contributed by atoms with Crippen LogP contribution in [0.25, 0.3) is 0 Å². The Balaban J connectivity index is 2.15. The number of benzene rings is 2. The van der Waals surface area contributed by atoms with Crippen molar-refractivity contribution < 1.29 is 9.59 Å². The molecule has 2 aromatic rings. The van der Waals surface area contributed by atoms with E-state index >= 15 is 0 Å². The Hall–Kier alpha value is -2.62. The first-order chi connectivity index (χ1) is 9.54. The van der Waals surface area contributed by atoms with Crippen molar-refractivity contribution in [2.24, 2.45) is 0 Å². The molecule has 0 heterocycles. The lowest BCUT2D eigenvalue weighted by Crippen LogP contribution is -2.13. The maximum atomic E-state index is 12.1. The van der Waals surface area contributed by atoms with Gasteiger partial charge in [-0.2, -0.15) is 0 Å². The summed E-state index contributed by atoms with van der Waals surface area (Å²) in [5, 5.41) is 5.48. The van der Waals surface area contributed by atoms with Gasteiger partial charge in [0.1, 0.15) is 0 Å². The smallest absolute Gasteiger partial charge is 0.255 e. The fourth-order valence-electron chi connectivity index (χ4n) is 1.87. The van der Waals surface area contributed by atoms with Gasteiger partial charge in [-0.25, -0.2) is 0 Å². The summed E-state index contributed by atoms with van der Waals surface area (Å²) < 4.78 is 0. The molecular weight excluding hydrogens is 252 g/mol. The van der Waals surface area contributed by atoms with Crippen molar-refractivity contribution in [2.75, 3.05) is 10.6 Å². The summed E-state index contributed by atoms with van der Waals surface area (Å²) >= 11 is 0. The zero-order valence-corrected chi connectivity index (χ0v) is 11.4. The Labute approximate surface area is 117 Å². The molecule has 2 N–H and O–H groups in total. The molecule has 0 spiro atoms. The second-order valence-electron chi connectivity index (χ2n) is 4.59. The van der Waals surface area contributed by atoms with Gasteiger partial charge in [0.15, 0.2) is 0 Å². The van der Waals surface area contributed by atoms with Gasteiger partial charge in [-0.1, -0.05) is 18.2 Å². The van der Waals surface area contributed by atoms with Crippen LogP contribution in [0.15, 0.2) is 48.5 Å². The van der Waals surface area contributed by atoms with Gasteiger partial charge < -0.3 is 10.6 Å². The predicted octanol–water partition coefficient (Wildman–Crippen LogP) is 3.21. The van der Waals surface area contributed by atoms with Crippen LogP contribution >= 0.6 is 0 Å². The number of nitrogens with one attached hydrogen (secondary N) is 2. The molecule has 0 unspecified atom stereocenters. The third kappa shape index (κ3) is 3.68. The second kappa shape index (κ2) is 6.02. The van der Waals surface area contributed by atoms with Gasteiger partial charge in [0, 0.05) is 23.9 Å². The van der Waals surface area contributed by atoms with Crippen molar-refractivity contribution >= 4 is 23.2 Å². The first-order valence-corrected chi connectivity index (χ1v) is 6.30. The molecule has 0 aliphatic rings. The zero-order valence-electron chi connectivity index (χ0n) is 11.4. The third-order valence-electron chi connectivity index (χ3n) is 2.72. The molecule has 4 heteroatoms. The summed E-state index contributed by atoms with van der Waals surface area (Å²) in [6.45, 7) is 3.40. The number of anilines is 2. The van der Waals surface area contributed by atoms with Crippen molar-refractivity contribution in [1.29, 1.82) is 0 Å². The highest BCUT2D eigenvalue weighted by molar-refractivity contribution is 6.05. The van der Waals surface area contributed by atoms with Crippen LogP contribution in [0, 0.1) is 6.92 Å². The molecule has 20 heavy (non-hydrogen) atoms. The molecule has 0 radical (unpaired) electrons. The number of rotatable bonds is 3. The van der Waals surface area contributed by atoms with Crippen LogP contribution in [-0.2, 0) is 4.79 Å². The number of hydrogen-bond donors (Lipinski definition) is 2. The number of carbonyl (C=O) groups excluding carboxylic acids is 2. The van der Waals surface area contributed by atoms with Gasteiger partial charge >= 0.3 is 0 Å². The van der Waals surface area contributed by atoms with E-state index in [2.05, 4.69) is 10.6 Å². The fraction of sp³-hybridized carbons (Fsp3) is 0.125. The van der Waals surface area contributed by atoms with Gasteiger partial charge in [0.2, 0.25) is 5.91 Å². The lowest BCUT2D eigenvalue weighted by Gasteiger charge is -2.08. The zero-order chi connectivity index (χ0) is 14.5. The van der Waals surface area contributed by atoms with Crippen LogP contribution in [0.5, 0.6) is 0 Å². The molecule has 0 aromatic heterocycles. The molecule has 0 aliphatic carbocycles. The van der Waals surface area contributed by atoms with E-state index in [-0.39, 0.29) is 11.8 Å². The summed E-state index contributed by atoms with van der Waals surface area (Å²) in [5.74, 6) is -0.371. The molecule has 4 nitrogen and oxygen atoms in total. The predicted molar refractivity (Wildman–Crippen MR) is 79.9 cm³/mol. The van der Waals surface area contributed by atoms with Crippen molar-refractivity contribution in [1.82, 2.24) is 0 Å². The second-order valence-corrected chi connectivity index (χ2v) is 4.59. The molecule has 0 aliphatic heterocycles. The van der Waals surface area contributed by atoms with E-state index in [1.807, 2.05) is 31.2 Å². The van der Waals surface area contributed by atoms with E-state index in [4.69, 9.17) is 0 Å².